The van der Waals surface area contributed by atoms with E-state index in [2.05, 4.69) is 58.4 Å². The predicted octanol–water partition coefficient (Wildman–Crippen LogP) is 3.31. The van der Waals surface area contributed by atoms with Crippen LogP contribution in [-0.2, 0) is 17.9 Å². The number of amides is 1. The van der Waals surface area contributed by atoms with E-state index in [4.69, 9.17) is 0 Å². The van der Waals surface area contributed by atoms with Crippen molar-refractivity contribution in [1.29, 1.82) is 0 Å². The summed E-state index contributed by atoms with van der Waals surface area (Å²) < 4.78 is 0. The topological polar surface area (TPSA) is 35.6 Å². The molecule has 4 nitrogen and oxygen atoms in total. The van der Waals surface area contributed by atoms with E-state index in [9.17, 15) is 4.79 Å². The van der Waals surface area contributed by atoms with E-state index in [1.54, 1.807) is 0 Å². The second kappa shape index (κ2) is 7.45. The van der Waals surface area contributed by atoms with Gasteiger partial charge in [0, 0.05) is 26.2 Å². The van der Waals surface area contributed by atoms with Gasteiger partial charge in [0.05, 0.1) is 11.7 Å². The van der Waals surface area contributed by atoms with Crippen molar-refractivity contribution in [3.63, 3.8) is 0 Å². The Balaban J connectivity index is 1.44. The summed E-state index contributed by atoms with van der Waals surface area (Å²) in [5, 5.41) is 3.63. The van der Waals surface area contributed by atoms with Crippen LogP contribution in [0.3, 0.4) is 0 Å². The van der Waals surface area contributed by atoms with E-state index < -0.39 is 0 Å². The molecule has 1 N–H and O–H groups in total. The van der Waals surface area contributed by atoms with E-state index in [0.29, 0.717) is 6.54 Å². The van der Waals surface area contributed by atoms with Gasteiger partial charge in [-0.25, -0.2) is 0 Å². The van der Waals surface area contributed by atoms with Crippen LogP contribution in [0.4, 0.5) is 0 Å². The molecule has 2 saturated heterocycles. The fraction of sp³-hybridized carbons (Fsp3) is 0.435. The van der Waals surface area contributed by atoms with E-state index in [0.717, 1.165) is 32.5 Å². The first-order valence-corrected chi connectivity index (χ1v) is 9.97. The lowest BCUT2D eigenvalue weighted by atomic mass is 9.95. The highest BCUT2D eigenvalue weighted by Gasteiger charge is 2.49. The molecule has 0 bridgehead atoms. The Labute approximate surface area is 162 Å². The van der Waals surface area contributed by atoms with Crippen LogP contribution in [0.5, 0.6) is 0 Å². The molecular weight excluding hydrogens is 334 g/mol. The third-order valence-corrected chi connectivity index (χ3v) is 6.03. The summed E-state index contributed by atoms with van der Waals surface area (Å²) in [7, 11) is 0. The third kappa shape index (κ3) is 3.78. The van der Waals surface area contributed by atoms with Crippen molar-refractivity contribution in [1.82, 2.24) is 15.1 Å². The SMILES string of the molecule is Cc1ccc(CN2CCC3(CC2)NC(C)C(=O)N3Cc2ccccc2)cc1. The molecule has 2 aromatic rings. The van der Waals surface area contributed by atoms with E-state index in [-0.39, 0.29) is 17.6 Å². The highest BCUT2D eigenvalue weighted by Crippen LogP contribution is 2.34. The van der Waals surface area contributed by atoms with Crippen molar-refractivity contribution in [2.75, 3.05) is 13.1 Å². The van der Waals surface area contributed by atoms with Crippen LogP contribution in [0.15, 0.2) is 54.6 Å². The lowest BCUT2D eigenvalue weighted by Gasteiger charge is -2.44. The molecule has 4 rings (SSSR count). The molecule has 0 radical (unpaired) electrons. The Hall–Kier alpha value is -2.17. The largest absolute Gasteiger partial charge is 0.319 e. The molecule has 0 aromatic heterocycles. The number of rotatable bonds is 4. The Morgan fingerprint density at radius 1 is 0.963 bits per heavy atom. The number of likely N-dealkylation sites (tertiary alicyclic amines) is 1. The first kappa shape index (κ1) is 18.2. The molecule has 2 aromatic carbocycles. The normalized spacial score (nSPS) is 22.5. The number of carbonyl (C=O) groups excluding carboxylic acids is 1. The van der Waals surface area contributed by atoms with E-state index >= 15 is 0 Å². The number of carbonyl (C=O) groups is 1. The standard InChI is InChI=1S/C23H29N3O/c1-18-8-10-21(11-9-18)16-25-14-12-23(13-15-25)24-19(2)22(27)26(23)17-20-6-4-3-5-7-20/h3-11,19,24H,12-17H2,1-2H3. The van der Waals surface area contributed by atoms with Gasteiger partial charge in [-0.1, -0.05) is 60.2 Å². The molecule has 1 spiro atoms. The molecule has 2 aliphatic heterocycles. The van der Waals surface area contributed by atoms with Crippen molar-refractivity contribution < 1.29 is 4.79 Å². The Bertz CT molecular complexity index is 779. The minimum atomic E-state index is -0.198. The van der Waals surface area contributed by atoms with E-state index in [1.807, 2.05) is 25.1 Å². The van der Waals surface area contributed by atoms with Gasteiger partial charge in [0.15, 0.2) is 0 Å². The minimum absolute atomic E-state index is 0.0997. The van der Waals surface area contributed by atoms with Gasteiger partial charge in [0.2, 0.25) is 5.91 Å². The highest BCUT2D eigenvalue weighted by molar-refractivity contribution is 5.84. The summed E-state index contributed by atoms with van der Waals surface area (Å²) in [6.07, 6.45) is 1.95. The maximum atomic E-state index is 12.8. The van der Waals surface area contributed by atoms with Crippen LogP contribution in [-0.4, -0.2) is 40.5 Å². The second-order valence-corrected chi connectivity index (χ2v) is 8.07. The van der Waals surface area contributed by atoms with E-state index in [1.165, 1.54) is 16.7 Å². The average molecular weight is 364 g/mol. The molecule has 142 valence electrons. The monoisotopic (exact) mass is 363 g/mol. The second-order valence-electron chi connectivity index (χ2n) is 8.07. The van der Waals surface area contributed by atoms with Crippen molar-refractivity contribution in [3.05, 3.63) is 71.3 Å². The van der Waals surface area contributed by atoms with Crippen LogP contribution in [0.2, 0.25) is 0 Å². The van der Waals surface area contributed by atoms with Crippen LogP contribution in [0, 0.1) is 6.92 Å². The highest BCUT2D eigenvalue weighted by atomic mass is 16.2. The molecule has 27 heavy (non-hydrogen) atoms. The molecule has 2 heterocycles. The van der Waals surface area contributed by atoms with Gasteiger partial charge in [-0.3, -0.25) is 15.0 Å². The summed E-state index contributed by atoms with van der Waals surface area (Å²) in [6, 6.07) is 19.0. The van der Waals surface area contributed by atoms with Crippen LogP contribution >= 0.6 is 0 Å². The Morgan fingerprint density at radius 3 is 2.26 bits per heavy atom. The zero-order valence-corrected chi connectivity index (χ0v) is 16.3. The van der Waals surface area contributed by atoms with Crippen molar-refractivity contribution in [2.45, 2.75) is 51.5 Å². The van der Waals surface area contributed by atoms with Gasteiger partial charge in [-0.05, 0) is 37.8 Å². The minimum Gasteiger partial charge on any atom is -0.319 e. The third-order valence-electron chi connectivity index (χ3n) is 6.03. The first-order valence-electron chi connectivity index (χ1n) is 9.97. The van der Waals surface area contributed by atoms with Gasteiger partial charge in [-0.15, -0.1) is 0 Å². The zero-order valence-electron chi connectivity index (χ0n) is 16.3. The number of hydrogen-bond donors (Lipinski definition) is 1. The zero-order chi connectivity index (χ0) is 18.9. The molecule has 2 fully saturated rings. The van der Waals surface area contributed by atoms with Crippen LogP contribution < -0.4 is 5.32 Å². The van der Waals surface area contributed by atoms with Gasteiger partial charge < -0.3 is 4.90 Å². The maximum Gasteiger partial charge on any atom is 0.241 e. The van der Waals surface area contributed by atoms with Crippen molar-refractivity contribution in [3.8, 4) is 0 Å². The van der Waals surface area contributed by atoms with Gasteiger partial charge in [0.1, 0.15) is 0 Å². The number of hydrogen-bond acceptors (Lipinski definition) is 3. The number of nitrogens with zero attached hydrogens (tertiary/aromatic N) is 2. The Morgan fingerprint density at radius 2 is 1.59 bits per heavy atom. The summed E-state index contributed by atoms with van der Waals surface area (Å²) in [6.45, 7) is 7.80. The lowest BCUT2D eigenvalue weighted by Crippen LogP contribution is -2.58. The summed E-state index contributed by atoms with van der Waals surface area (Å²) >= 11 is 0. The van der Waals surface area contributed by atoms with Gasteiger partial charge in [-0.2, -0.15) is 0 Å². The van der Waals surface area contributed by atoms with Crippen LogP contribution in [0.1, 0.15) is 36.5 Å². The molecular formula is C23H29N3O. The predicted molar refractivity (Wildman–Crippen MR) is 108 cm³/mol. The first-order chi connectivity index (χ1) is 13.1. The number of benzene rings is 2. The number of nitrogens with one attached hydrogen (secondary N) is 1. The van der Waals surface area contributed by atoms with Crippen molar-refractivity contribution in [2.24, 2.45) is 0 Å². The molecule has 1 atom stereocenters. The fourth-order valence-corrected chi connectivity index (χ4v) is 4.43. The molecule has 0 saturated carbocycles. The average Bonchev–Trinajstić information content (AvgIpc) is 2.91. The van der Waals surface area contributed by atoms with Crippen LogP contribution in [0.25, 0.3) is 0 Å². The smallest absolute Gasteiger partial charge is 0.241 e. The van der Waals surface area contributed by atoms with Crippen molar-refractivity contribution >= 4 is 5.91 Å². The fourth-order valence-electron chi connectivity index (χ4n) is 4.43. The Kier molecular flexibility index (Phi) is 5.02. The summed E-state index contributed by atoms with van der Waals surface area (Å²) in [4.78, 5) is 17.4. The number of piperidine rings is 1. The molecule has 1 amide bonds. The van der Waals surface area contributed by atoms with Gasteiger partial charge in [0.25, 0.3) is 0 Å². The molecule has 1 unspecified atom stereocenters. The quantitative estimate of drug-likeness (QED) is 0.905. The number of aryl methyl sites for hydroxylation is 1. The molecule has 2 aliphatic rings. The van der Waals surface area contributed by atoms with Gasteiger partial charge >= 0.3 is 0 Å². The molecule has 4 heteroatoms. The molecule has 0 aliphatic carbocycles. The maximum absolute atomic E-state index is 12.8. The summed E-state index contributed by atoms with van der Waals surface area (Å²) in [5.74, 6) is 0.228. The lowest BCUT2D eigenvalue weighted by molar-refractivity contribution is -0.134. The summed E-state index contributed by atoms with van der Waals surface area (Å²) in [5.41, 5.74) is 3.66.